The second-order valence-corrected chi connectivity index (χ2v) is 7.04. The van der Waals surface area contributed by atoms with Crippen LogP contribution in [0.2, 0.25) is 0 Å². The summed E-state index contributed by atoms with van der Waals surface area (Å²) >= 11 is 3.08. The Balaban J connectivity index is 2.21. The largest absolute Gasteiger partial charge is 0.478 e. The monoisotopic (exact) mass is 322 g/mol. The van der Waals surface area contributed by atoms with Gasteiger partial charge in [0.15, 0.2) is 0 Å². The van der Waals surface area contributed by atoms with Crippen molar-refractivity contribution in [2.24, 2.45) is 0 Å². The average Bonchev–Trinajstić information content (AvgIpc) is 2.83. The average molecular weight is 322 g/mol. The van der Waals surface area contributed by atoms with Gasteiger partial charge < -0.3 is 5.11 Å². The SMILES string of the molecule is Cc1cc(C)c(C(=O)O)c(SCc2csc(C(C)C)n2)n1. The topological polar surface area (TPSA) is 63.1 Å². The molecule has 0 spiro atoms. The number of thiazole rings is 1. The number of rotatable bonds is 5. The Bertz CT molecular complexity index is 666. The maximum atomic E-state index is 11.4. The lowest BCUT2D eigenvalue weighted by Gasteiger charge is -2.08. The van der Waals surface area contributed by atoms with Gasteiger partial charge in [-0.2, -0.15) is 0 Å². The van der Waals surface area contributed by atoms with Crippen LogP contribution in [0.1, 0.15) is 52.1 Å². The number of hydrogen-bond donors (Lipinski definition) is 1. The molecule has 2 aromatic rings. The van der Waals surface area contributed by atoms with Crippen molar-refractivity contribution in [3.63, 3.8) is 0 Å². The van der Waals surface area contributed by atoms with Gasteiger partial charge >= 0.3 is 5.97 Å². The van der Waals surface area contributed by atoms with Crippen LogP contribution in [0.5, 0.6) is 0 Å². The van der Waals surface area contributed by atoms with Gasteiger partial charge in [-0.15, -0.1) is 11.3 Å². The van der Waals surface area contributed by atoms with Gasteiger partial charge in [0.1, 0.15) is 5.03 Å². The zero-order chi connectivity index (χ0) is 15.6. The Morgan fingerprint density at radius 2 is 2.10 bits per heavy atom. The quantitative estimate of drug-likeness (QED) is 0.833. The summed E-state index contributed by atoms with van der Waals surface area (Å²) in [6.45, 7) is 7.91. The molecule has 0 saturated carbocycles. The third-order valence-corrected chi connectivity index (χ3v) is 5.15. The highest BCUT2D eigenvalue weighted by atomic mass is 32.2. The summed E-state index contributed by atoms with van der Waals surface area (Å²) in [5.74, 6) is 0.130. The third-order valence-electron chi connectivity index (χ3n) is 2.95. The molecule has 0 saturated heterocycles. The van der Waals surface area contributed by atoms with E-state index in [1.165, 1.54) is 11.8 Å². The van der Waals surface area contributed by atoms with E-state index in [0.29, 0.717) is 22.3 Å². The van der Waals surface area contributed by atoms with E-state index in [9.17, 15) is 9.90 Å². The first-order chi connectivity index (χ1) is 9.88. The van der Waals surface area contributed by atoms with Gasteiger partial charge in [0, 0.05) is 22.7 Å². The number of carbonyl (C=O) groups is 1. The number of aromatic nitrogens is 2. The van der Waals surface area contributed by atoms with Crippen molar-refractivity contribution < 1.29 is 9.90 Å². The first-order valence-electron chi connectivity index (χ1n) is 6.67. The van der Waals surface area contributed by atoms with Gasteiger partial charge in [-0.1, -0.05) is 25.6 Å². The standard InChI is InChI=1S/C15H18N2O2S2/c1-8(2)13-17-11(6-20-13)7-21-14-12(15(18)19)9(3)5-10(4)16-14/h5-6,8H,7H2,1-4H3,(H,18,19). The molecular weight excluding hydrogens is 304 g/mol. The van der Waals surface area contributed by atoms with Crippen LogP contribution < -0.4 is 0 Å². The fourth-order valence-electron chi connectivity index (χ4n) is 1.96. The molecule has 2 rings (SSSR count). The summed E-state index contributed by atoms with van der Waals surface area (Å²) in [5.41, 5.74) is 2.86. The number of hydrogen-bond acceptors (Lipinski definition) is 5. The second kappa shape index (κ2) is 6.58. The molecule has 0 unspecified atom stereocenters. The second-order valence-electron chi connectivity index (χ2n) is 5.19. The molecule has 112 valence electrons. The Morgan fingerprint density at radius 3 is 2.67 bits per heavy atom. The molecule has 21 heavy (non-hydrogen) atoms. The van der Waals surface area contributed by atoms with Crippen molar-refractivity contribution in [2.75, 3.05) is 0 Å². The van der Waals surface area contributed by atoms with E-state index in [4.69, 9.17) is 0 Å². The summed E-state index contributed by atoms with van der Waals surface area (Å²) < 4.78 is 0. The smallest absolute Gasteiger partial charge is 0.338 e. The van der Waals surface area contributed by atoms with Gasteiger partial charge in [0.2, 0.25) is 0 Å². The van der Waals surface area contributed by atoms with Crippen molar-refractivity contribution in [3.8, 4) is 0 Å². The van der Waals surface area contributed by atoms with Gasteiger partial charge in [0.05, 0.1) is 16.3 Å². The van der Waals surface area contributed by atoms with Gasteiger partial charge in [0.25, 0.3) is 0 Å². The predicted octanol–water partition coefficient (Wildman–Crippen LogP) is 4.27. The first kappa shape index (κ1) is 16.0. The Kier molecular flexibility index (Phi) is 5.00. The van der Waals surface area contributed by atoms with E-state index in [1.807, 2.05) is 19.2 Å². The van der Waals surface area contributed by atoms with E-state index in [2.05, 4.69) is 23.8 Å². The van der Waals surface area contributed by atoms with Crippen molar-refractivity contribution in [2.45, 2.75) is 44.4 Å². The van der Waals surface area contributed by atoms with Crippen molar-refractivity contribution >= 4 is 29.1 Å². The number of nitrogens with zero attached hydrogens (tertiary/aromatic N) is 2. The van der Waals surface area contributed by atoms with Crippen molar-refractivity contribution in [3.05, 3.63) is 39.0 Å². The molecule has 0 aliphatic heterocycles. The van der Waals surface area contributed by atoms with E-state index in [0.717, 1.165) is 22.0 Å². The molecule has 2 aromatic heterocycles. The Morgan fingerprint density at radius 1 is 1.38 bits per heavy atom. The minimum atomic E-state index is -0.927. The van der Waals surface area contributed by atoms with Gasteiger partial charge in [-0.3, -0.25) is 0 Å². The highest BCUT2D eigenvalue weighted by molar-refractivity contribution is 7.98. The summed E-state index contributed by atoms with van der Waals surface area (Å²) in [7, 11) is 0. The molecule has 0 radical (unpaired) electrons. The fraction of sp³-hybridized carbons (Fsp3) is 0.400. The molecule has 0 fully saturated rings. The van der Waals surface area contributed by atoms with Crippen molar-refractivity contribution in [1.29, 1.82) is 0 Å². The van der Waals surface area contributed by atoms with Crippen LogP contribution in [0.3, 0.4) is 0 Å². The van der Waals surface area contributed by atoms with Crippen LogP contribution in [0.25, 0.3) is 0 Å². The predicted molar refractivity (Wildman–Crippen MR) is 86.4 cm³/mol. The fourth-order valence-corrected chi connectivity index (χ4v) is 3.94. The zero-order valence-corrected chi connectivity index (χ0v) is 14.1. The molecule has 0 aromatic carbocycles. The highest BCUT2D eigenvalue weighted by Crippen LogP contribution is 2.28. The molecule has 2 heterocycles. The molecule has 6 heteroatoms. The Hall–Kier alpha value is -1.40. The first-order valence-corrected chi connectivity index (χ1v) is 8.53. The molecule has 0 aliphatic rings. The Labute approximate surface area is 132 Å². The molecule has 4 nitrogen and oxygen atoms in total. The maximum Gasteiger partial charge on any atom is 0.338 e. The summed E-state index contributed by atoms with van der Waals surface area (Å²) in [4.78, 5) is 20.3. The van der Waals surface area contributed by atoms with Gasteiger partial charge in [-0.25, -0.2) is 14.8 Å². The summed E-state index contributed by atoms with van der Waals surface area (Å²) in [5, 5.41) is 13.1. The van der Waals surface area contributed by atoms with E-state index in [1.54, 1.807) is 17.4 Å². The van der Waals surface area contributed by atoms with Crippen LogP contribution in [0, 0.1) is 13.8 Å². The number of aryl methyl sites for hydroxylation is 2. The number of pyridine rings is 1. The lowest BCUT2D eigenvalue weighted by molar-refractivity contribution is 0.0691. The molecule has 0 bridgehead atoms. The van der Waals surface area contributed by atoms with Gasteiger partial charge in [-0.05, 0) is 25.5 Å². The molecule has 1 N–H and O–H groups in total. The van der Waals surface area contributed by atoms with Crippen LogP contribution in [0.4, 0.5) is 0 Å². The third kappa shape index (κ3) is 3.83. The number of thioether (sulfide) groups is 1. The number of aromatic carboxylic acids is 1. The van der Waals surface area contributed by atoms with E-state index >= 15 is 0 Å². The molecule has 0 amide bonds. The summed E-state index contributed by atoms with van der Waals surface area (Å²) in [6, 6.07) is 1.80. The molecule has 0 atom stereocenters. The minimum Gasteiger partial charge on any atom is -0.478 e. The molecular formula is C15H18N2O2S2. The van der Waals surface area contributed by atoms with Crippen molar-refractivity contribution in [1.82, 2.24) is 9.97 Å². The van der Waals surface area contributed by atoms with E-state index in [-0.39, 0.29) is 0 Å². The highest BCUT2D eigenvalue weighted by Gasteiger charge is 2.16. The lowest BCUT2D eigenvalue weighted by Crippen LogP contribution is -2.05. The van der Waals surface area contributed by atoms with Crippen LogP contribution in [-0.2, 0) is 5.75 Å². The van der Waals surface area contributed by atoms with Crippen LogP contribution in [0.15, 0.2) is 16.5 Å². The van der Waals surface area contributed by atoms with Crippen LogP contribution in [-0.4, -0.2) is 21.0 Å². The maximum absolute atomic E-state index is 11.4. The van der Waals surface area contributed by atoms with E-state index < -0.39 is 5.97 Å². The number of carboxylic acid groups (broad SMARTS) is 1. The normalized spacial score (nSPS) is 11.1. The zero-order valence-electron chi connectivity index (χ0n) is 12.5. The minimum absolute atomic E-state index is 0.296. The number of carboxylic acids is 1. The summed E-state index contributed by atoms with van der Waals surface area (Å²) in [6.07, 6.45) is 0. The molecule has 0 aliphatic carbocycles. The van der Waals surface area contributed by atoms with Crippen LogP contribution >= 0.6 is 23.1 Å². The lowest BCUT2D eigenvalue weighted by atomic mass is 10.1.